The number of carbonyl (C=O) groups is 1. The molecule has 114 valence electrons. The summed E-state index contributed by atoms with van der Waals surface area (Å²) in [4.78, 5) is 11.3. The lowest BCUT2D eigenvalue weighted by Gasteiger charge is -2.10. The molecule has 0 fully saturated rings. The van der Waals surface area contributed by atoms with Gasteiger partial charge in [-0.3, -0.25) is 0 Å². The summed E-state index contributed by atoms with van der Waals surface area (Å²) in [6, 6.07) is 15.9. The molecule has 0 amide bonds. The average Bonchev–Trinajstić information content (AvgIpc) is 2.56. The van der Waals surface area contributed by atoms with Gasteiger partial charge < -0.3 is 9.47 Å². The fraction of sp³-hybridized carbons (Fsp3) is 0.167. The normalized spacial score (nSPS) is 11.1. The maximum atomic E-state index is 11.3. The first kappa shape index (κ1) is 16.1. The van der Waals surface area contributed by atoms with Crippen LogP contribution in [0.1, 0.15) is 16.7 Å². The molecule has 2 aromatic carbocycles. The van der Waals surface area contributed by atoms with Gasteiger partial charge in [-0.05, 0) is 28.8 Å². The van der Waals surface area contributed by atoms with Crippen molar-refractivity contribution < 1.29 is 14.3 Å². The zero-order valence-electron chi connectivity index (χ0n) is 12.5. The molecular formula is C18H17ClO3. The Labute approximate surface area is 135 Å². The molecule has 0 aromatic heterocycles. The summed E-state index contributed by atoms with van der Waals surface area (Å²) < 4.78 is 10.0. The van der Waals surface area contributed by atoms with Crippen molar-refractivity contribution in [2.45, 2.75) is 6.42 Å². The largest absolute Gasteiger partial charge is 0.496 e. The van der Waals surface area contributed by atoms with Crippen LogP contribution in [0.3, 0.4) is 0 Å². The zero-order chi connectivity index (χ0) is 15.9. The molecule has 0 aliphatic rings. The van der Waals surface area contributed by atoms with Gasteiger partial charge in [0.15, 0.2) is 0 Å². The van der Waals surface area contributed by atoms with E-state index in [-0.39, 0.29) is 5.03 Å². The van der Waals surface area contributed by atoms with E-state index in [1.54, 1.807) is 13.2 Å². The minimum Gasteiger partial charge on any atom is -0.496 e. The van der Waals surface area contributed by atoms with Crippen LogP contribution >= 0.6 is 11.6 Å². The predicted molar refractivity (Wildman–Crippen MR) is 88.1 cm³/mol. The first-order valence-electron chi connectivity index (χ1n) is 6.80. The van der Waals surface area contributed by atoms with Gasteiger partial charge in [0.25, 0.3) is 0 Å². The van der Waals surface area contributed by atoms with Gasteiger partial charge >= 0.3 is 5.97 Å². The summed E-state index contributed by atoms with van der Waals surface area (Å²) in [5, 5.41) is 0.0281. The summed E-state index contributed by atoms with van der Waals surface area (Å²) in [5.74, 6) is 0.195. The molecule has 2 aromatic rings. The summed E-state index contributed by atoms with van der Waals surface area (Å²) >= 11 is 5.88. The fourth-order valence-corrected chi connectivity index (χ4v) is 2.32. The van der Waals surface area contributed by atoms with Crippen LogP contribution in [0.4, 0.5) is 0 Å². The van der Waals surface area contributed by atoms with Crippen LogP contribution in [0.25, 0.3) is 6.08 Å². The van der Waals surface area contributed by atoms with Gasteiger partial charge in [0.2, 0.25) is 0 Å². The standard InChI is InChI=1S/C18H17ClO3/c1-21-17-12-14(11-16(19)18(20)22-2)8-9-15(17)10-13-6-4-3-5-7-13/h3-9,11-12H,10H2,1-2H3/b16-11-. The van der Waals surface area contributed by atoms with E-state index in [4.69, 9.17) is 16.3 Å². The van der Waals surface area contributed by atoms with E-state index >= 15 is 0 Å². The third-order valence-electron chi connectivity index (χ3n) is 3.22. The predicted octanol–water partition coefficient (Wildman–Crippen LogP) is 4.04. The minimum absolute atomic E-state index is 0.0281. The number of ether oxygens (including phenoxy) is 2. The topological polar surface area (TPSA) is 35.5 Å². The SMILES string of the molecule is COC(=O)/C(Cl)=C/c1ccc(Cc2ccccc2)c(OC)c1. The number of esters is 1. The van der Waals surface area contributed by atoms with Crippen LogP contribution in [-0.2, 0) is 16.0 Å². The van der Waals surface area contributed by atoms with Crippen molar-refractivity contribution in [1.82, 2.24) is 0 Å². The summed E-state index contributed by atoms with van der Waals surface area (Å²) in [6.45, 7) is 0. The smallest absolute Gasteiger partial charge is 0.349 e. The van der Waals surface area contributed by atoms with Crippen LogP contribution in [0.5, 0.6) is 5.75 Å². The molecule has 0 radical (unpaired) electrons. The van der Waals surface area contributed by atoms with E-state index in [9.17, 15) is 4.79 Å². The number of rotatable bonds is 5. The second kappa shape index (κ2) is 7.66. The van der Waals surface area contributed by atoms with E-state index in [2.05, 4.69) is 16.9 Å². The molecule has 0 spiro atoms. The Morgan fingerprint density at radius 3 is 2.50 bits per heavy atom. The molecule has 0 aliphatic carbocycles. The maximum absolute atomic E-state index is 11.3. The molecule has 4 heteroatoms. The number of benzene rings is 2. The molecule has 0 saturated heterocycles. The highest BCUT2D eigenvalue weighted by atomic mass is 35.5. The zero-order valence-corrected chi connectivity index (χ0v) is 13.3. The van der Waals surface area contributed by atoms with Gasteiger partial charge in [0.1, 0.15) is 10.8 Å². The highest BCUT2D eigenvalue weighted by Crippen LogP contribution is 2.25. The maximum Gasteiger partial charge on any atom is 0.349 e. The minimum atomic E-state index is -0.561. The molecule has 0 aliphatic heterocycles. The lowest BCUT2D eigenvalue weighted by molar-refractivity contribution is -0.135. The van der Waals surface area contributed by atoms with E-state index in [0.29, 0.717) is 0 Å². The molecule has 22 heavy (non-hydrogen) atoms. The second-order valence-corrected chi connectivity index (χ2v) is 5.12. The number of halogens is 1. The Kier molecular flexibility index (Phi) is 5.61. The van der Waals surface area contributed by atoms with Gasteiger partial charge in [-0.2, -0.15) is 0 Å². The average molecular weight is 317 g/mol. The number of methoxy groups -OCH3 is 2. The van der Waals surface area contributed by atoms with E-state index in [1.165, 1.54) is 12.7 Å². The molecule has 2 rings (SSSR count). The number of carbonyl (C=O) groups excluding carboxylic acids is 1. The third-order valence-corrected chi connectivity index (χ3v) is 3.49. The Morgan fingerprint density at radius 1 is 1.14 bits per heavy atom. The van der Waals surface area contributed by atoms with Gasteiger partial charge in [-0.25, -0.2) is 4.79 Å². The fourth-order valence-electron chi connectivity index (χ4n) is 2.12. The van der Waals surface area contributed by atoms with Crippen LogP contribution in [0, 0.1) is 0 Å². The van der Waals surface area contributed by atoms with Crippen LogP contribution in [-0.4, -0.2) is 20.2 Å². The molecule has 0 atom stereocenters. The Morgan fingerprint density at radius 2 is 1.86 bits per heavy atom. The molecule has 0 N–H and O–H groups in total. The van der Waals surface area contributed by atoms with Gasteiger partial charge in [-0.15, -0.1) is 0 Å². The van der Waals surface area contributed by atoms with Gasteiger partial charge in [0.05, 0.1) is 14.2 Å². The number of hydrogen-bond acceptors (Lipinski definition) is 3. The highest BCUT2D eigenvalue weighted by molar-refractivity contribution is 6.43. The van der Waals surface area contributed by atoms with E-state index < -0.39 is 5.97 Å². The number of hydrogen-bond donors (Lipinski definition) is 0. The van der Waals surface area contributed by atoms with Crippen molar-refractivity contribution in [3.05, 3.63) is 70.3 Å². The monoisotopic (exact) mass is 316 g/mol. The Bertz CT molecular complexity index is 678. The summed E-state index contributed by atoms with van der Waals surface area (Å²) in [5.41, 5.74) is 3.06. The Balaban J connectivity index is 2.26. The van der Waals surface area contributed by atoms with Crippen molar-refractivity contribution in [3.8, 4) is 5.75 Å². The lowest BCUT2D eigenvalue weighted by atomic mass is 10.0. The second-order valence-electron chi connectivity index (χ2n) is 4.72. The molecule has 0 bridgehead atoms. The molecule has 0 saturated carbocycles. The van der Waals surface area contributed by atoms with Crippen molar-refractivity contribution >= 4 is 23.6 Å². The lowest BCUT2D eigenvalue weighted by Crippen LogP contribution is -1.99. The van der Waals surface area contributed by atoms with Crippen molar-refractivity contribution in [3.63, 3.8) is 0 Å². The molecule has 0 heterocycles. The van der Waals surface area contributed by atoms with Gasteiger partial charge in [-0.1, -0.05) is 54.1 Å². The molecule has 0 unspecified atom stereocenters. The van der Waals surface area contributed by atoms with Crippen molar-refractivity contribution in [2.24, 2.45) is 0 Å². The highest BCUT2D eigenvalue weighted by Gasteiger charge is 2.08. The van der Waals surface area contributed by atoms with Crippen LogP contribution in [0.2, 0.25) is 0 Å². The van der Waals surface area contributed by atoms with E-state index in [0.717, 1.165) is 23.3 Å². The van der Waals surface area contributed by atoms with Crippen LogP contribution in [0.15, 0.2) is 53.6 Å². The van der Waals surface area contributed by atoms with E-state index in [1.807, 2.05) is 36.4 Å². The molecule has 3 nitrogen and oxygen atoms in total. The molecular weight excluding hydrogens is 300 g/mol. The first-order chi connectivity index (χ1) is 10.6. The van der Waals surface area contributed by atoms with Crippen LogP contribution < -0.4 is 4.74 Å². The van der Waals surface area contributed by atoms with Crippen molar-refractivity contribution in [2.75, 3.05) is 14.2 Å². The quantitative estimate of drug-likeness (QED) is 0.617. The van der Waals surface area contributed by atoms with Crippen molar-refractivity contribution in [1.29, 1.82) is 0 Å². The first-order valence-corrected chi connectivity index (χ1v) is 7.18. The van der Waals surface area contributed by atoms with Gasteiger partial charge in [0, 0.05) is 6.42 Å². The Hall–Kier alpha value is -2.26. The summed E-state index contributed by atoms with van der Waals surface area (Å²) in [7, 11) is 2.92. The third kappa shape index (κ3) is 4.12. The summed E-state index contributed by atoms with van der Waals surface area (Å²) in [6.07, 6.45) is 2.33.